The van der Waals surface area contributed by atoms with Crippen LogP contribution >= 0.6 is 12.2 Å². The predicted octanol–water partition coefficient (Wildman–Crippen LogP) is 4.33. The fourth-order valence-electron chi connectivity index (χ4n) is 4.58. The Bertz CT molecular complexity index is 1030. The van der Waals surface area contributed by atoms with Gasteiger partial charge in [-0.3, -0.25) is 4.98 Å². The van der Waals surface area contributed by atoms with Crippen LogP contribution in [0.5, 0.6) is 0 Å². The highest BCUT2D eigenvalue weighted by molar-refractivity contribution is 7.80. The van der Waals surface area contributed by atoms with E-state index >= 15 is 0 Å². The highest BCUT2D eigenvalue weighted by Crippen LogP contribution is 2.40. The van der Waals surface area contributed by atoms with Gasteiger partial charge in [0.05, 0.1) is 23.9 Å². The van der Waals surface area contributed by atoms with Crippen molar-refractivity contribution in [3.63, 3.8) is 0 Å². The topological polar surface area (TPSA) is 42.3 Å². The first-order chi connectivity index (χ1) is 14.7. The minimum atomic E-state index is -0.0152. The second kappa shape index (κ2) is 8.20. The molecule has 30 heavy (non-hydrogen) atoms. The lowest BCUT2D eigenvalue weighted by Gasteiger charge is -2.30. The number of nitrogens with one attached hydrogen (secondary N) is 1. The van der Waals surface area contributed by atoms with Crippen molar-refractivity contribution in [3.05, 3.63) is 83.9 Å². The molecule has 2 aliphatic rings. The Kier molecular flexibility index (Phi) is 5.27. The quantitative estimate of drug-likeness (QED) is 0.625. The fourth-order valence-corrected chi connectivity index (χ4v) is 4.89. The van der Waals surface area contributed by atoms with E-state index in [-0.39, 0.29) is 18.2 Å². The molecule has 3 aromatic rings. The normalized spacial score (nSPS) is 23.7. The van der Waals surface area contributed by atoms with Gasteiger partial charge < -0.3 is 19.5 Å². The number of ether oxygens (including phenoxy) is 1. The summed E-state index contributed by atoms with van der Waals surface area (Å²) in [6, 6.07) is 19.0. The molecule has 5 nitrogen and oxygen atoms in total. The fraction of sp³-hybridized carbons (Fsp3) is 0.333. The third-order valence-electron chi connectivity index (χ3n) is 5.99. The van der Waals surface area contributed by atoms with Gasteiger partial charge in [-0.1, -0.05) is 18.2 Å². The van der Waals surface area contributed by atoms with Gasteiger partial charge in [0.15, 0.2) is 5.11 Å². The molecule has 2 aliphatic heterocycles. The average Bonchev–Trinajstić information content (AvgIpc) is 3.50. The molecule has 1 N–H and O–H groups in total. The van der Waals surface area contributed by atoms with Crippen molar-refractivity contribution in [3.8, 4) is 5.69 Å². The van der Waals surface area contributed by atoms with Gasteiger partial charge in [-0.25, -0.2) is 0 Å². The van der Waals surface area contributed by atoms with Crippen molar-refractivity contribution in [1.82, 2.24) is 19.8 Å². The van der Waals surface area contributed by atoms with Crippen molar-refractivity contribution in [2.75, 3.05) is 13.2 Å². The van der Waals surface area contributed by atoms with Crippen molar-refractivity contribution < 1.29 is 4.74 Å². The highest BCUT2D eigenvalue weighted by atomic mass is 32.1. The molecule has 0 spiro atoms. The van der Waals surface area contributed by atoms with Gasteiger partial charge in [0.2, 0.25) is 0 Å². The molecule has 3 atom stereocenters. The average molecular weight is 419 g/mol. The summed E-state index contributed by atoms with van der Waals surface area (Å²) in [7, 11) is 0. The maximum atomic E-state index is 5.95. The summed E-state index contributed by atoms with van der Waals surface area (Å²) >= 11 is 5.81. The van der Waals surface area contributed by atoms with Crippen molar-refractivity contribution in [1.29, 1.82) is 0 Å². The number of aryl methyl sites for hydroxylation is 1. The Balaban J connectivity index is 1.57. The Morgan fingerprint density at radius 1 is 1.17 bits per heavy atom. The molecule has 0 amide bonds. The van der Waals surface area contributed by atoms with E-state index in [2.05, 4.69) is 75.4 Å². The minimum absolute atomic E-state index is 0.0152. The standard InChI is InChI=1S/C24H26N4OS/c1-17-7-4-8-18(15-17)27-13-5-11-21(27)23-22(20-10-2-3-12-25-20)26-24(30)28(23)16-19-9-6-14-29-19/h2-5,7-8,10-13,15,19,22-23H,6,9,14,16H2,1H3,(H,26,30). The van der Waals surface area contributed by atoms with Crippen LogP contribution in [0.25, 0.3) is 5.69 Å². The number of hydrogen-bond acceptors (Lipinski definition) is 3. The maximum Gasteiger partial charge on any atom is 0.170 e. The van der Waals surface area contributed by atoms with Crippen LogP contribution in [0.1, 0.15) is 41.9 Å². The van der Waals surface area contributed by atoms with Gasteiger partial charge in [0, 0.05) is 36.9 Å². The molecule has 2 aromatic heterocycles. The second-order valence-corrected chi connectivity index (χ2v) is 8.44. The van der Waals surface area contributed by atoms with Gasteiger partial charge >= 0.3 is 0 Å². The molecule has 154 valence electrons. The van der Waals surface area contributed by atoms with E-state index in [0.29, 0.717) is 0 Å². The molecule has 1 aromatic carbocycles. The molecule has 2 saturated heterocycles. The number of nitrogens with zero attached hydrogens (tertiary/aromatic N) is 3. The van der Waals surface area contributed by atoms with Crippen LogP contribution in [0.2, 0.25) is 0 Å². The summed E-state index contributed by atoms with van der Waals surface area (Å²) in [4.78, 5) is 6.95. The molecule has 3 unspecified atom stereocenters. The second-order valence-electron chi connectivity index (χ2n) is 8.06. The molecule has 2 fully saturated rings. The van der Waals surface area contributed by atoms with Crippen LogP contribution in [0, 0.1) is 6.92 Å². The lowest BCUT2D eigenvalue weighted by Crippen LogP contribution is -2.36. The number of hydrogen-bond donors (Lipinski definition) is 1. The lowest BCUT2D eigenvalue weighted by atomic mass is 10.0. The molecule has 6 heteroatoms. The van der Waals surface area contributed by atoms with Gasteiger partial charge in [0.25, 0.3) is 0 Å². The van der Waals surface area contributed by atoms with Crippen LogP contribution in [0.15, 0.2) is 67.0 Å². The van der Waals surface area contributed by atoms with E-state index in [0.717, 1.165) is 42.5 Å². The maximum absolute atomic E-state index is 5.95. The third-order valence-corrected chi connectivity index (χ3v) is 6.34. The van der Waals surface area contributed by atoms with Gasteiger partial charge in [-0.15, -0.1) is 0 Å². The Hall–Kier alpha value is -2.70. The summed E-state index contributed by atoms with van der Waals surface area (Å²) in [5.74, 6) is 0. The number of benzene rings is 1. The first-order valence-electron chi connectivity index (χ1n) is 10.5. The summed E-state index contributed by atoms with van der Waals surface area (Å²) in [5.41, 5.74) is 4.59. The summed E-state index contributed by atoms with van der Waals surface area (Å²) in [6.07, 6.45) is 6.40. The Morgan fingerprint density at radius 3 is 2.87 bits per heavy atom. The monoisotopic (exact) mass is 418 g/mol. The smallest absolute Gasteiger partial charge is 0.170 e. The molecule has 4 heterocycles. The largest absolute Gasteiger partial charge is 0.376 e. The van der Waals surface area contributed by atoms with Gasteiger partial charge in [0.1, 0.15) is 0 Å². The minimum Gasteiger partial charge on any atom is -0.376 e. The number of aromatic nitrogens is 2. The lowest BCUT2D eigenvalue weighted by molar-refractivity contribution is 0.0836. The molecule has 0 bridgehead atoms. The van der Waals surface area contributed by atoms with E-state index in [1.807, 2.05) is 18.3 Å². The van der Waals surface area contributed by atoms with Crippen molar-refractivity contribution in [2.45, 2.75) is 38.0 Å². The molecule has 0 radical (unpaired) electrons. The number of rotatable bonds is 5. The van der Waals surface area contributed by atoms with E-state index < -0.39 is 0 Å². The Labute approximate surface area is 182 Å². The SMILES string of the molecule is Cc1cccc(-n2cccc2C2C(c3ccccn3)NC(=S)N2CC2CCCO2)c1. The van der Waals surface area contributed by atoms with Crippen LogP contribution in [-0.4, -0.2) is 38.8 Å². The summed E-state index contributed by atoms with van der Waals surface area (Å²) in [5, 5.41) is 4.32. The summed E-state index contributed by atoms with van der Waals surface area (Å²) < 4.78 is 8.22. The first kappa shape index (κ1) is 19.3. The van der Waals surface area contributed by atoms with Crippen LogP contribution < -0.4 is 5.32 Å². The Morgan fingerprint density at radius 2 is 2.10 bits per heavy atom. The van der Waals surface area contributed by atoms with Crippen LogP contribution in [-0.2, 0) is 4.74 Å². The van der Waals surface area contributed by atoms with Gasteiger partial charge in [-0.2, -0.15) is 0 Å². The molecule has 5 rings (SSSR count). The third kappa shape index (κ3) is 3.61. The predicted molar refractivity (Wildman–Crippen MR) is 122 cm³/mol. The van der Waals surface area contributed by atoms with Gasteiger partial charge in [-0.05, 0) is 73.9 Å². The van der Waals surface area contributed by atoms with E-state index in [1.54, 1.807) is 0 Å². The van der Waals surface area contributed by atoms with E-state index in [4.69, 9.17) is 17.0 Å². The molecule has 0 aliphatic carbocycles. The van der Waals surface area contributed by atoms with E-state index in [9.17, 15) is 0 Å². The first-order valence-corrected chi connectivity index (χ1v) is 11.0. The molecular formula is C24H26N4OS. The number of thiocarbonyl (C=S) groups is 1. The molecule has 0 saturated carbocycles. The van der Waals surface area contributed by atoms with E-state index in [1.165, 1.54) is 11.3 Å². The van der Waals surface area contributed by atoms with Crippen LogP contribution in [0.4, 0.5) is 0 Å². The zero-order valence-electron chi connectivity index (χ0n) is 17.1. The highest BCUT2D eigenvalue weighted by Gasteiger charge is 2.42. The van der Waals surface area contributed by atoms with Crippen LogP contribution in [0.3, 0.4) is 0 Å². The molecular weight excluding hydrogens is 392 g/mol. The zero-order valence-corrected chi connectivity index (χ0v) is 17.9. The van der Waals surface area contributed by atoms with Crippen molar-refractivity contribution in [2.24, 2.45) is 0 Å². The van der Waals surface area contributed by atoms with Crippen molar-refractivity contribution >= 4 is 17.3 Å². The number of pyridine rings is 1. The zero-order chi connectivity index (χ0) is 20.5. The summed E-state index contributed by atoms with van der Waals surface area (Å²) in [6.45, 7) is 3.75.